The van der Waals surface area contributed by atoms with Crippen LogP contribution >= 0.6 is 11.3 Å². The van der Waals surface area contributed by atoms with Crippen LogP contribution in [0.1, 0.15) is 10.7 Å². The molecule has 0 bridgehead atoms. The first kappa shape index (κ1) is 15.2. The largest absolute Gasteiger partial charge is 0.331 e. The quantitative estimate of drug-likeness (QED) is 0.771. The van der Waals surface area contributed by atoms with E-state index in [-0.39, 0.29) is 6.03 Å². The summed E-state index contributed by atoms with van der Waals surface area (Å²) >= 11 is 1.53. The first-order chi connectivity index (χ1) is 11.1. The van der Waals surface area contributed by atoms with Crippen LogP contribution in [0.2, 0.25) is 0 Å². The topological polar surface area (TPSA) is 84.7 Å². The van der Waals surface area contributed by atoms with Crippen molar-refractivity contribution in [2.24, 2.45) is 7.05 Å². The summed E-state index contributed by atoms with van der Waals surface area (Å²) in [5.74, 6) is 0.620. The van der Waals surface area contributed by atoms with E-state index in [0.29, 0.717) is 18.1 Å². The highest BCUT2D eigenvalue weighted by molar-refractivity contribution is 7.09. The maximum absolute atomic E-state index is 12.0. The van der Waals surface area contributed by atoms with E-state index in [1.54, 1.807) is 11.0 Å². The number of carbonyl (C=O) groups is 1. The van der Waals surface area contributed by atoms with Gasteiger partial charge in [-0.1, -0.05) is 12.1 Å². The highest BCUT2D eigenvalue weighted by Crippen LogP contribution is 2.19. The van der Waals surface area contributed by atoms with Crippen LogP contribution in [0, 0.1) is 6.92 Å². The number of thiazole rings is 1. The Balaban J connectivity index is 1.62. The maximum Gasteiger partial charge on any atom is 0.319 e. The number of rotatable bonds is 4. The van der Waals surface area contributed by atoms with Crippen molar-refractivity contribution in [3.05, 3.63) is 46.7 Å². The van der Waals surface area contributed by atoms with E-state index >= 15 is 0 Å². The third-order valence-electron chi connectivity index (χ3n) is 3.04. The van der Waals surface area contributed by atoms with E-state index in [4.69, 9.17) is 0 Å². The van der Waals surface area contributed by atoms with E-state index in [1.807, 2.05) is 43.6 Å². The molecule has 3 aromatic rings. The molecule has 0 saturated heterocycles. The molecule has 0 aliphatic heterocycles. The first-order valence-corrected chi connectivity index (χ1v) is 7.90. The molecule has 0 aliphatic rings. The lowest BCUT2D eigenvalue weighted by molar-refractivity contribution is 0.251. The number of amides is 2. The molecule has 3 rings (SSSR count). The average molecular weight is 328 g/mol. The smallest absolute Gasteiger partial charge is 0.319 e. The molecule has 0 spiro atoms. The fraction of sp³-hybridized carbons (Fsp3) is 0.200. The Labute approximate surface area is 137 Å². The minimum atomic E-state index is -0.274. The summed E-state index contributed by atoms with van der Waals surface area (Å²) in [6.07, 6.45) is 1.64. The number of nitrogens with one attached hydrogen (secondary N) is 2. The van der Waals surface area contributed by atoms with Gasteiger partial charge < -0.3 is 10.6 Å². The number of anilines is 1. The van der Waals surface area contributed by atoms with Gasteiger partial charge in [-0.2, -0.15) is 5.10 Å². The third-order valence-corrected chi connectivity index (χ3v) is 4.01. The first-order valence-electron chi connectivity index (χ1n) is 7.02. The summed E-state index contributed by atoms with van der Waals surface area (Å²) in [6.45, 7) is 2.34. The number of aromatic nitrogens is 4. The molecule has 7 nitrogen and oxygen atoms in total. The van der Waals surface area contributed by atoms with Gasteiger partial charge in [0.2, 0.25) is 0 Å². The number of nitrogens with zero attached hydrogens (tertiary/aromatic N) is 4. The average Bonchev–Trinajstić information content (AvgIpc) is 3.14. The number of hydrogen-bond acceptors (Lipinski definition) is 5. The van der Waals surface area contributed by atoms with Gasteiger partial charge >= 0.3 is 6.03 Å². The Bertz CT molecular complexity index is 825. The van der Waals surface area contributed by atoms with Gasteiger partial charge in [-0.25, -0.2) is 14.8 Å². The lowest BCUT2D eigenvalue weighted by Gasteiger charge is -2.07. The molecule has 2 N–H and O–H groups in total. The van der Waals surface area contributed by atoms with E-state index in [1.165, 1.54) is 11.3 Å². The van der Waals surface area contributed by atoms with Crippen LogP contribution in [0.15, 0.2) is 36.0 Å². The van der Waals surface area contributed by atoms with Crippen LogP contribution < -0.4 is 10.6 Å². The summed E-state index contributed by atoms with van der Waals surface area (Å²) in [7, 11) is 1.81. The van der Waals surface area contributed by atoms with Gasteiger partial charge in [0.25, 0.3) is 0 Å². The van der Waals surface area contributed by atoms with Crippen LogP contribution in [0.5, 0.6) is 0 Å². The molecular formula is C15H16N6OS. The lowest BCUT2D eigenvalue weighted by Crippen LogP contribution is -2.28. The van der Waals surface area contributed by atoms with Gasteiger partial charge in [-0.3, -0.25) is 4.68 Å². The Morgan fingerprint density at radius 2 is 2.26 bits per heavy atom. The molecule has 118 valence electrons. The summed E-state index contributed by atoms with van der Waals surface area (Å²) in [5.41, 5.74) is 2.49. The Hall–Kier alpha value is -2.74. The van der Waals surface area contributed by atoms with E-state index in [9.17, 15) is 4.79 Å². The Kier molecular flexibility index (Phi) is 4.33. The van der Waals surface area contributed by atoms with Crippen LogP contribution in [0.4, 0.5) is 10.5 Å². The normalized spacial score (nSPS) is 10.5. The molecule has 0 fully saturated rings. The monoisotopic (exact) mass is 328 g/mol. The fourth-order valence-electron chi connectivity index (χ4n) is 2.02. The van der Waals surface area contributed by atoms with Crippen molar-refractivity contribution in [2.75, 3.05) is 5.32 Å². The van der Waals surface area contributed by atoms with Crippen molar-refractivity contribution >= 4 is 23.1 Å². The summed E-state index contributed by atoms with van der Waals surface area (Å²) in [4.78, 5) is 20.5. The van der Waals surface area contributed by atoms with Crippen molar-refractivity contribution in [2.45, 2.75) is 13.5 Å². The zero-order valence-corrected chi connectivity index (χ0v) is 13.6. The van der Waals surface area contributed by atoms with Gasteiger partial charge in [0.05, 0.1) is 6.54 Å². The zero-order valence-electron chi connectivity index (χ0n) is 12.8. The predicted molar refractivity (Wildman–Crippen MR) is 89.1 cm³/mol. The second-order valence-corrected chi connectivity index (χ2v) is 5.96. The molecule has 1 aromatic carbocycles. The minimum Gasteiger partial charge on any atom is -0.331 e. The van der Waals surface area contributed by atoms with Crippen molar-refractivity contribution in [1.29, 1.82) is 0 Å². The van der Waals surface area contributed by atoms with E-state index in [0.717, 1.165) is 16.3 Å². The molecule has 0 unspecified atom stereocenters. The number of benzene rings is 1. The third kappa shape index (κ3) is 3.92. The van der Waals surface area contributed by atoms with Gasteiger partial charge in [0, 0.05) is 29.4 Å². The molecule has 0 aliphatic carbocycles. The van der Waals surface area contributed by atoms with Crippen LogP contribution in [0.3, 0.4) is 0 Å². The standard InChI is InChI=1S/C15H16N6OS/c1-10-8-23-13(18-10)7-16-15(22)19-12-5-3-4-11(6-12)14-17-9-21(2)20-14/h3-6,8-9H,7H2,1-2H3,(H2,16,19,22). The minimum absolute atomic E-state index is 0.274. The van der Waals surface area contributed by atoms with Crippen molar-refractivity contribution < 1.29 is 4.79 Å². The molecule has 2 heterocycles. The zero-order chi connectivity index (χ0) is 16.2. The second kappa shape index (κ2) is 6.57. The molecular weight excluding hydrogens is 312 g/mol. The van der Waals surface area contributed by atoms with Crippen LogP contribution in [-0.2, 0) is 13.6 Å². The number of carbonyl (C=O) groups excluding carboxylic acids is 1. The van der Waals surface area contributed by atoms with Gasteiger partial charge in [0.15, 0.2) is 5.82 Å². The second-order valence-electron chi connectivity index (χ2n) is 5.01. The predicted octanol–water partition coefficient (Wildman–Crippen LogP) is 2.57. The highest BCUT2D eigenvalue weighted by Gasteiger charge is 2.07. The van der Waals surface area contributed by atoms with Crippen molar-refractivity contribution in [1.82, 2.24) is 25.1 Å². The molecule has 0 atom stereocenters. The lowest BCUT2D eigenvalue weighted by atomic mass is 10.2. The van der Waals surface area contributed by atoms with Gasteiger partial charge in [0.1, 0.15) is 11.3 Å². The number of aryl methyl sites for hydroxylation is 2. The van der Waals surface area contributed by atoms with E-state index < -0.39 is 0 Å². The molecule has 0 saturated carbocycles. The Morgan fingerprint density at radius 1 is 1.39 bits per heavy atom. The summed E-state index contributed by atoms with van der Waals surface area (Å²) in [5, 5.41) is 12.7. The SMILES string of the molecule is Cc1csc(CNC(=O)Nc2cccc(-c3ncn(C)n3)c2)n1. The number of hydrogen-bond donors (Lipinski definition) is 2. The molecule has 2 aromatic heterocycles. The van der Waals surface area contributed by atoms with Crippen molar-refractivity contribution in [3.63, 3.8) is 0 Å². The fourth-order valence-corrected chi connectivity index (χ4v) is 2.73. The highest BCUT2D eigenvalue weighted by atomic mass is 32.1. The van der Waals surface area contributed by atoms with Crippen LogP contribution in [-0.4, -0.2) is 25.8 Å². The summed E-state index contributed by atoms with van der Waals surface area (Å²) in [6, 6.07) is 7.13. The molecule has 23 heavy (non-hydrogen) atoms. The molecule has 8 heteroatoms. The van der Waals surface area contributed by atoms with Gasteiger partial charge in [-0.05, 0) is 19.1 Å². The van der Waals surface area contributed by atoms with Gasteiger partial charge in [-0.15, -0.1) is 11.3 Å². The molecule has 0 radical (unpaired) electrons. The summed E-state index contributed by atoms with van der Waals surface area (Å²) < 4.78 is 1.64. The molecule has 2 amide bonds. The van der Waals surface area contributed by atoms with Crippen LogP contribution in [0.25, 0.3) is 11.4 Å². The van der Waals surface area contributed by atoms with E-state index in [2.05, 4.69) is 25.7 Å². The van der Waals surface area contributed by atoms with Crippen molar-refractivity contribution in [3.8, 4) is 11.4 Å². The maximum atomic E-state index is 12.0. The Morgan fingerprint density at radius 3 is 2.96 bits per heavy atom. The number of urea groups is 1.